The lowest BCUT2D eigenvalue weighted by molar-refractivity contribution is 0.0686. The van der Waals surface area contributed by atoms with E-state index in [2.05, 4.69) is 77.8 Å². The molecule has 0 unspecified atom stereocenters. The highest BCUT2D eigenvalue weighted by Gasteiger charge is 2.16. The van der Waals surface area contributed by atoms with Crippen LogP contribution >= 0.6 is 0 Å². The fourth-order valence-corrected chi connectivity index (χ4v) is 8.45. The summed E-state index contributed by atoms with van der Waals surface area (Å²) >= 11 is 0. The van der Waals surface area contributed by atoms with E-state index in [-0.39, 0.29) is 22.5 Å². The molecule has 0 aliphatic carbocycles. The Balaban J connectivity index is 0.000000128. The molecule has 75 heavy (non-hydrogen) atoms. The van der Waals surface area contributed by atoms with Gasteiger partial charge in [0.1, 0.15) is 22.9 Å². The summed E-state index contributed by atoms with van der Waals surface area (Å²) in [5.74, 6) is -3.16. The molecule has 12 nitrogen and oxygen atoms in total. The number of carbonyl (C=O) groups is 3. The maximum absolute atomic E-state index is 13.1. The number of aryl methyl sites for hydroxylation is 2. The summed E-state index contributed by atoms with van der Waals surface area (Å²) in [5, 5.41) is 42.1. The van der Waals surface area contributed by atoms with Crippen LogP contribution in [0.5, 0.6) is 0 Å². The Labute approximate surface area is 427 Å². The van der Waals surface area contributed by atoms with E-state index in [1.54, 1.807) is 66.7 Å². The lowest BCUT2D eigenvalue weighted by atomic mass is 10.0. The molecule has 0 saturated heterocycles. The first-order valence-electron chi connectivity index (χ1n) is 23.4. The summed E-state index contributed by atoms with van der Waals surface area (Å²) in [4.78, 5) is 33.1. The lowest BCUT2D eigenvalue weighted by Crippen LogP contribution is -1.95. The number of carboxylic acids is 3. The molecule has 0 atom stereocenters. The Hall–Kier alpha value is -10.3. The number of nitrogens with zero attached hydrogens (tertiary/aromatic N) is 3. The van der Waals surface area contributed by atoms with Crippen LogP contribution in [-0.4, -0.2) is 48.7 Å². The van der Waals surface area contributed by atoms with Gasteiger partial charge in [-0.05, 0) is 132 Å². The normalized spacial score (nSPS) is 10.9. The fraction of sp³-hybridized carbons (Fsp3) is 0.0323. The number of aromatic carboxylic acids is 3. The van der Waals surface area contributed by atoms with Crippen molar-refractivity contribution in [1.82, 2.24) is 15.5 Å². The Morgan fingerprint density at radius 3 is 1.03 bits per heavy atom. The summed E-state index contributed by atoms with van der Waals surface area (Å²) < 4.78 is 29.5. The number of carboxylic acid groups (broad SMARTS) is 3. The molecule has 3 aromatic heterocycles. The quantitative estimate of drug-likeness (QED) is 0.124. The van der Waals surface area contributed by atoms with Crippen molar-refractivity contribution >= 4 is 50.8 Å². The molecule has 12 aromatic rings. The van der Waals surface area contributed by atoms with Crippen LogP contribution in [0.1, 0.15) is 42.2 Å². The second-order valence-electron chi connectivity index (χ2n) is 17.6. The van der Waals surface area contributed by atoms with Crippen LogP contribution in [0.2, 0.25) is 0 Å². The molecule has 3 heterocycles. The number of halogens is 1. The molecule has 0 saturated carbocycles. The molecule has 0 fully saturated rings. The van der Waals surface area contributed by atoms with Crippen LogP contribution in [-0.2, 0) is 0 Å². The van der Waals surface area contributed by atoms with Crippen LogP contribution in [0.15, 0.2) is 214 Å². The molecular weight excluding hydrogens is 950 g/mol. The highest BCUT2D eigenvalue weighted by molar-refractivity contribution is 5.98. The predicted octanol–water partition coefficient (Wildman–Crippen LogP) is 15.3. The number of hydrogen-bond donors (Lipinski definition) is 3. The Bertz CT molecular complexity index is 3870. The zero-order valence-electron chi connectivity index (χ0n) is 40.1. The number of benzene rings is 9. The summed E-state index contributed by atoms with van der Waals surface area (Å²) in [5.41, 5.74) is 15.6. The van der Waals surface area contributed by atoms with Gasteiger partial charge >= 0.3 is 17.9 Å². The van der Waals surface area contributed by atoms with Crippen molar-refractivity contribution in [2.45, 2.75) is 13.8 Å². The summed E-state index contributed by atoms with van der Waals surface area (Å²) in [7, 11) is 0. The Morgan fingerprint density at radius 2 is 0.667 bits per heavy atom. The van der Waals surface area contributed by atoms with Crippen molar-refractivity contribution in [3.8, 4) is 67.2 Å². The first-order chi connectivity index (χ1) is 36.3. The zero-order chi connectivity index (χ0) is 52.2. The van der Waals surface area contributed by atoms with Gasteiger partial charge in [-0.1, -0.05) is 142 Å². The third-order valence-electron chi connectivity index (χ3n) is 12.6. The summed E-state index contributed by atoms with van der Waals surface area (Å²) in [6.07, 6.45) is 0. The first kappa shape index (κ1) is 48.4. The molecule has 12 rings (SSSR count). The van der Waals surface area contributed by atoms with E-state index in [0.717, 1.165) is 66.2 Å². The van der Waals surface area contributed by atoms with Crippen LogP contribution < -0.4 is 0 Å². The highest BCUT2D eigenvalue weighted by atomic mass is 19.1. The number of aromatic nitrogens is 3. The van der Waals surface area contributed by atoms with Crippen molar-refractivity contribution in [2.75, 3.05) is 0 Å². The van der Waals surface area contributed by atoms with Gasteiger partial charge in [0.25, 0.3) is 0 Å². The first-order valence-corrected chi connectivity index (χ1v) is 23.4. The van der Waals surface area contributed by atoms with E-state index in [4.69, 9.17) is 28.9 Å². The van der Waals surface area contributed by atoms with Crippen molar-refractivity contribution in [3.63, 3.8) is 0 Å². The average molecular weight is 992 g/mol. The number of hydrogen-bond acceptors (Lipinski definition) is 9. The van der Waals surface area contributed by atoms with Gasteiger partial charge < -0.3 is 28.9 Å². The van der Waals surface area contributed by atoms with E-state index >= 15 is 0 Å². The minimum absolute atomic E-state index is 0.218. The van der Waals surface area contributed by atoms with Crippen molar-refractivity contribution in [2.24, 2.45) is 0 Å². The average Bonchev–Trinajstić information content (AvgIpc) is 4.19. The number of fused-ring (bicyclic) bond motifs is 3. The van der Waals surface area contributed by atoms with Crippen LogP contribution in [0, 0.1) is 19.7 Å². The molecular formula is C62H42FN3O9. The molecule has 0 bridgehead atoms. The molecule has 0 aliphatic heterocycles. The van der Waals surface area contributed by atoms with Crippen molar-refractivity contribution in [1.29, 1.82) is 0 Å². The van der Waals surface area contributed by atoms with E-state index < -0.39 is 17.9 Å². The van der Waals surface area contributed by atoms with Gasteiger partial charge in [0.2, 0.25) is 0 Å². The van der Waals surface area contributed by atoms with Gasteiger partial charge in [-0.2, -0.15) is 0 Å². The van der Waals surface area contributed by atoms with E-state index in [9.17, 15) is 18.8 Å². The van der Waals surface area contributed by atoms with Gasteiger partial charge in [-0.25, -0.2) is 18.8 Å². The zero-order valence-corrected chi connectivity index (χ0v) is 40.1. The molecule has 0 spiro atoms. The molecule has 0 amide bonds. The second kappa shape index (κ2) is 20.8. The summed E-state index contributed by atoms with van der Waals surface area (Å²) in [6.45, 7) is 4.12. The lowest BCUT2D eigenvalue weighted by Gasteiger charge is -2.03. The molecule has 9 aromatic carbocycles. The minimum atomic E-state index is -0.972. The SMILES string of the molecule is Cc1ccc(-c2ccc3c(-c4ccc(C(=O)O)cc4)noc3c2)cc1.Cc1ccc(-c2ccc3c(-c4cccc(C(=O)O)c4)noc3c2)cc1.O=C(O)c1ccc(-c2noc3cc(-c4ccc(F)cc4)ccc23)cc1. The van der Waals surface area contributed by atoms with E-state index in [1.165, 1.54) is 35.4 Å². The largest absolute Gasteiger partial charge is 0.478 e. The van der Waals surface area contributed by atoms with Gasteiger partial charge in [0.15, 0.2) is 16.7 Å². The predicted molar refractivity (Wildman–Crippen MR) is 285 cm³/mol. The summed E-state index contributed by atoms with van der Waals surface area (Å²) in [6, 6.07) is 60.3. The molecule has 0 aliphatic rings. The smallest absolute Gasteiger partial charge is 0.335 e. The van der Waals surface area contributed by atoms with Crippen molar-refractivity contribution < 1.29 is 47.7 Å². The van der Waals surface area contributed by atoms with E-state index in [0.29, 0.717) is 33.8 Å². The van der Waals surface area contributed by atoms with Gasteiger partial charge in [0, 0.05) is 32.8 Å². The Morgan fingerprint density at radius 1 is 0.347 bits per heavy atom. The monoisotopic (exact) mass is 991 g/mol. The van der Waals surface area contributed by atoms with Gasteiger partial charge in [-0.15, -0.1) is 0 Å². The third kappa shape index (κ3) is 10.5. The highest BCUT2D eigenvalue weighted by Crippen LogP contribution is 2.35. The maximum Gasteiger partial charge on any atom is 0.335 e. The molecule has 0 radical (unpaired) electrons. The van der Waals surface area contributed by atoms with Gasteiger partial charge in [-0.3, -0.25) is 0 Å². The Kier molecular flexibility index (Phi) is 13.4. The van der Waals surface area contributed by atoms with Crippen LogP contribution in [0.25, 0.3) is 100 Å². The van der Waals surface area contributed by atoms with Crippen molar-refractivity contribution in [3.05, 3.63) is 234 Å². The minimum Gasteiger partial charge on any atom is -0.478 e. The maximum atomic E-state index is 13.1. The fourth-order valence-electron chi connectivity index (χ4n) is 8.45. The molecule has 13 heteroatoms. The van der Waals surface area contributed by atoms with E-state index in [1.807, 2.05) is 60.7 Å². The number of rotatable bonds is 9. The standard InChI is InChI=1S/2C21H15NO3.C20H12FNO3/c1-13-2-4-14(5-3-13)17-10-11-18-19(12-17)25-22-20(18)15-6-8-16(9-7-15)21(23)24;1-13-5-7-14(8-6-13)15-9-10-18-19(12-15)25-22-20(18)16-3-2-4-17(11-16)21(23)24;21-16-8-5-12(6-9-16)15-7-10-17-18(11-15)25-22-19(17)13-1-3-14(4-2-13)20(23)24/h2*2-12H,1H3,(H,23,24);1-11H,(H,23,24). The third-order valence-corrected chi connectivity index (χ3v) is 12.6. The topological polar surface area (TPSA) is 190 Å². The van der Waals surface area contributed by atoms with Crippen LogP contribution in [0.4, 0.5) is 4.39 Å². The van der Waals surface area contributed by atoms with Gasteiger partial charge in [0.05, 0.1) is 16.7 Å². The molecule has 3 N–H and O–H groups in total. The molecule has 366 valence electrons. The van der Waals surface area contributed by atoms with Crippen LogP contribution in [0.3, 0.4) is 0 Å². The second-order valence-corrected chi connectivity index (χ2v) is 17.6.